The van der Waals surface area contributed by atoms with Gasteiger partial charge in [-0.1, -0.05) is 44.2 Å². The van der Waals surface area contributed by atoms with Gasteiger partial charge in [0.25, 0.3) is 0 Å². The summed E-state index contributed by atoms with van der Waals surface area (Å²) in [6.45, 7) is 6.28. The van der Waals surface area contributed by atoms with Crippen molar-refractivity contribution < 1.29 is 20.1 Å². The molecule has 0 aliphatic rings. The summed E-state index contributed by atoms with van der Waals surface area (Å²) in [6, 6.07) is 10.2. The first-order valence-corrected chi connectivity index (χ1v) is 5.57. The van der Waals surface area contributed by atoms with Crippen LogP contribution in [0.4, 0.5) is 0 Å². The summed E-state index contributed by atoms with van der Waals surface area (Å²) in [5, 5.41) is 0. The van der Waals surface area contributed by atoms with E-state index in [1.54, 1.807) is 0 Å². The van der Waals surface area contributed by atoms with Crippen molar-refractivity contribution in [2.75, 3.05) is 0 Å². The summed E-state index contributed by atoms with van der Waals surface area (Å²) >= 11 is 0. The summed E-state index contributed by atoms with van der Waals surface area (Å²) in [4.78, 5) is 9.09. The fourth-order valence-electron chi connectivity index (χ4n) is 1.66. The van der Waals surface area contributed by atoms with Crippen molar-refractivity contribution in [1.82, 2.24) is 9.97 Å². The predicted octanol–water partition coefficient (Wildman–Crippen LogP) is 3.57. The third-order valence-corrected chi connectivity index (χ3v) is 2.60. The fraction of sp³-hybridized carbons (Fsp3) is 0.286. The van der Waals surface area contributed by atoms with Gasteiger partial charge in [0, 0.05) is 31.9 Å². The molecular weight excluding hydrogens is 388 g/mol. The molecule has 1 aromatic heterocycles. The van der Waals surface area contributed by atoms with Gasteiger partial charge >= 0.3 is 0 Å². The zero-order valence-corrected chi connectivity index (χ0v) is 12.7. The molecular formula is C14H16IrN2. The molecule has 0 amide bonds. The van der Waals surface area contributed by atoms with Crippen LogP contribution in [0.5, 0.6) is 0 Å². The Balaban J connectivity index is 0.00000144. The average molecular weight is 405 g/mol. The summed E-state index contributed by atoms with van der Waals surface area (Å²) in [6.07, 6.45) is 1.88. The Morgan fingerprint density at radius 2 is 1.71 bits per heavy atom. The van der Waals surface area contributed by atoms with Gasteiger partial charge in [-0.2, -0.15) is 0 Å². The van der Waals surface area contributed by atoms with Crippen LogP contribution < -0.4 is 0 Å². The minimum Gasteiger partial charge on any atom is -0.254 e. The molecule has 3 heteroatoms. The molecule has 0 fully saturated rings. The average Bonchev–Trinajstić information content (AvgIpc) is 2.30. The van der Waals surface area contributed by atoms with Crippen molar-refractivity contribution in [2.24, 2.45) is 0 Å². The van der Waals surface area contributed by atoms with E-state index in [0.717, 1.165) is 22.6 Å². The van der Waals surface area contributed by atoms with Crippen LogP contribution in [0.2, 0.25) is 0 Å². The molecule has 0 aliphatic heterocycles. The molecule has 17 heavy (non-hydrogen) atoms. The molecule has 0 spiro atoms. The van der Waals surface area contributed by atoms with E-state index in [9.17, 15) is 0 Å². The second-order valence-electron chi connectivity index (χ2n) is 4.25. The molecule has 0 bridgehead atoms. The van der Waals surface area contributed by atoms with Crippen LogP contribution in [0.3, 0.4) is 0 Å². The Kier molecular flexibility index (Phi) is 4.98. The van der Waals surface area contributed by atoms with Gasteiger partial charge in [0.2, 0.25) is 0 Å². The Bertz CT molecular complexity index is 481. The van der Waals surface area contributed by atoms with Gasteiger partial charge in [0.05, 0.1) is 17.1 Å². The molecule has 0 atom stereocenters. The van der Waals surface area contributed by atoms with E-state index in [-0.39, 0.29) is 20.1 Å². The van der Waals surface area contributed by atoms with Crippen LogP contribution in [-0.4, -0.2) is 9.97 Å². The first-order valence-electron chi connectivity index (χ1n) is 5.57. The molecule has 1 radical (unpaired) electrons. The minimum atomic E-state index is 0. The maximum Gasteiger partial charge on any atom is 0.0914 e. The topological polar surface area (TPSA) is 25.8 Å². The monoisotopic (exact) mass is 405 g/mol. The zero-order chi connectivity index (χ0) is 11.5. The van der Waals surface area contributed by atoms with Gasteiger partial charge < -0.3 is 0 Å². The standard InChI is InChI=1S/C14H16N2.Ir/c1-10(2)13-9-15-14(11(3)16-13)12-7-5-4-6-8-12;/h4-10H,1-3H3;. The largest absolute Gasteiger partial charge is 0.254 e. The Morgan fingerprint density at radius 1 is 1.06 bits per heavy atom. The van der Waals surface area contributed by atoms with Gasteiger partial charge in [0.15, 0.2) is 0 Å². The number of nitrogens with zero attached hydrogens (tertiary/aromatic N) is 2. The normalized spacial score (nSPS) is 10.1. The van der Waals surface area contributed by atoms with E-state index >= 15 is 0 Å². The predicted molar refractivity (Wildman–Crippen MR) is 66.3 cm³/mol. The van der Waals surface area contributed by atoms with Gasteiger partial charge in [0.1, 0.15) is 0 Å². The van der Waals surface area contributed by atoms with Crippen LogP contribution in [0, 0.1) is 6.92 Å². The Morgan fingerprint density at radius 3 is 2.24 bits per heavy atom. The van der Waals surface area contributed by atoms with Crippen LogP contribution in [0.25, 0.3) is 11.3 Å². The van der Waals surface area contributed by atoms with Gasteiger partial charge in [-0.05, 0) is 12.8 Å². The third-order valence-electron chi connectivity index (χ3n) is 2.60. The van der Waals surface area contributed by atoms with Crippen molar-refractivity contribution in [3.63, 3.8) is 0 Å². The number of benzene rings is 1. The van der Waals surface area contributed by atoms with Gasteiger partial charge in [-0.25, -0.2) is 0 Å². The Hall–Kier alpha value is -1.05. The fourth-order valence-corrected chi connectivity index (χ4v) is 1.66. The molecule has 2 nitrogen and oxygen atoms in total. The molecule has 2 rings (SSSR count). The third kappa shape index (κ3) is 3.21. The maximum atomic E-state index is 4.59. The van der Waals surface area contributed by atoms with Gasteiger partial charge in [-0.3, -0.25) is 9.97 Å². The second kappa shape index (κ2) is 6.04. The van der Waals surface area contributed by atoms with E-state index in [2.05, 4.69) is 35.9 Å². The summed E-state index contributed by atoms with van der Waals surface area (Å²) in [7, 11) is 0. The maximum absolute atomic E-state index is 4.59. The van der Waals surface area contributed by atoms with Gasteiger partial charge in [-0.15, -0.1) is 0 Å². The van der Waals surface area contributed by atoms with E-state index in [1.165, 1.54) is 0 Å². The summed E-state index contributed by atoms with van der Waals surface area (Å²) in [5.74, 6) is 0.427. The van der Waals surface area contributed by atoms with E-state index < -0.39 is 0 Å². The van der Waals surface area contributed by atoms with Crippen LogP contribution >= 0.6 is 0 Å². The van der Waals surface area contributed by atoms with Crippen molar-refractivity contribution in [2.45, 2.75) is 26.7 Å². The smallest absolute Gasteiger partial charge is 0.0914 e. The molecule has 0 unspecified atom stereocenters. The molecule has 0 N–H and O–H groups in total. The molecule has 0 aliphatic carbocycles. The first kappa shape index (κ1) is 14.0. The molecule has 2 aromatic rings. The van der Waals surface area contributed by atoms with Crippen molar-refractivity contribution in [3.8, 4) is 11.3 Å². The number of aryl methyl sites for hydroxylation is 1. The summed E-state index contributed by atoms with van der Waals surface area (Å²) in [5.41, 5.74) is 4.15. The second-order valence-corrected chi connectivity index (χ2v) is 4.25. The SMILES string of the molecule is Cc1nc(C(C)C)cnc1-c1ccccc1.[Ir]. The first-order chi connectivity index (χ1) is 7.68. The molecule has 1 aromatic carbocycles. The zero-order valence-electron chi connectivity index (χ0n) is 10.3. The molecule has 0 saturated carbocycles. The number of hydrogen-bond acceptors (Lipinski definition) is 2. The quantitative estimate of drug-likeness (QED) is 0.765. The number of hydrogen-bond donors (Lipinski definition) is 0. The van der Waals surface area contributed by atoms with Crippen molar-refractivity contribution in [1.29, 1.82) is 0 Å². The number of rotatable bonds is 2. The summed E-state index contributed by atoms with van der Waals surface area (Å²) < 4.78 is 0. The van der Waals surface area contributed by atoms with E-state index in [4.69, 9.17) is 0 Å². The molecule has 91 valence electrons. The van der Waals surface area contributed by atoms with E-state index in [0.29, 0.717) is 5.92 Å². The van der Waals surface area contributed by atoms with Crippen molar-refractivity contribution >= 4 is 0 Å². The molecule has 0 saturated heterocycles. The minimum absolute atomic E-state index is 0. The molecule has 1 heterocycles. The van der Waals surface area contributed by atoms with E-state index in [1.807, 2.05) is 31.3 Å². The van der Waals surface area contributed by atoms with Crippen LogP contribution in [0.15, 0.2) is 36.5 Å². The Labute approximate surface area is 116 Å². The van der Waals surface area contributed by atoms with Crippen LogP contribution in [0.1, 0.15) is 31.2 Å². The number of aromatic nitrogens is 2. The van der Waals surface area contributed by atoms with Crippen LogP contribution in [-0.2, 0) is 20.1 Å². The van der Waals surface area contributed by atoms with Crippen molar-refractivity contribution in [3.05, 3.63) is 47.9 Å².